The number of aryl methyl sites for hydroxylation is 1. The molecule has 1 aromatic rings. The highest BCUT2D eigenvalue weighted by atomic mass is 35.5. The topological polar surface area (TPSA) is 53.5 Å². The first-order chi connectivity index (χ1) is 11.2. The first-order valence-corrected chi connectivity index (χ1v) is 9.12. The molecule has 0 amide bonds. The van der Waals surface area contributed by atoms with Crippen LogP contribution in [0.15, 0.2) is 24.3 Å². The Bertz CT molecular complexity index is 505. The van der Waals surface area contributed by atoms with Gasteiger partial charge in [-0.05, 0) is 64.7 Å². The Morgan fingerprint density at radius 2 is 1.65 bits per heavy atom. The smallest absolute Gasteiger partial charge is 0.119 e. The van der Waals surface area contributed by atoms with Crippen molar-refractivity contribution < 1.29 is 9.84 Å². The molecule has 26 heavy (non-hydrogen) atoms. The van der Waals surface area contributed by atoms with Crippen molar-refractivity contribution in [3.8, 4) is 5.75 Å². The zero-order valence-electron chi connectivity index (χ0n) is 16.7. The van der Waals surface area contributed by atoms with Crippen LogP contribution in [0, 0.1) is 0 Å². The van der Waals surface area contributed by atoms with E-state index >= 15 is 0 Å². The summed E-state index contributed by atoms with van der Waals surface area (Å²) in [6.45, 7) is 12.0. The van der Waals surface area contributed by atoms with Crippen LogP contribution in [0.25, 0.3) is 0 Å². The molecule has 3 N–H and O–H groups in total. The lowest BCUT2D eigenvalue weighted by Gasteiger charge is -2.47. The van der Waals surface area contributed by atoms with Crippen LogP contribution in [-0.2, 0) is 6.42 Å². The van der Waals surface area contributed by atoms with Gasteiger partial charge in [-0.15, -0.1) is 24.8 Å². The number of halogens is 2. The van der Waals surface area contributed by atoms with E-state index in [0.29, 0.717) is 19.2 Å². The molecule has 1 saturated heterocycles. The van der Waals surface area contributed by atoms with Crippen molar-refractivity contribution in [1.29, 1.82) is 0 Å². The number of hydrogen-bond donors (Lipinski definition) is 3. The first kappa shape index (κ1) is 25.5. The van der Waals surface area contributed by atoms with Crippen LogP contribution >= 0.6 is 24.8 Å². The van der Waals surface area contributed by atoms with Gasteiger partial charge < -0.3 is 20.5 Å². The molecule has 1 aromatic carbocycles. The van der Waals surface area contributed by atoms with Gasteiger partial charge in [-0.2, -0.15) is 0 Å². The summed E-state index contributed by atoms with van der Waals surface area (Å²) in [5.74, 6) is 0.815. The van der Waals surface area contributed by atoms with Crippen molar-refractivity contribution in [2.24, 2.45) is 0 Å². The largest absolute Gasteiger partial charge is 0.491 e. The summed E-state index contributed by atoms with van der Waals surface area (Å²) in [5, 5.41) is 17.4. The highest BCUT2D eigenvalue weighted by Crippen LogP contribution is 2.28. The van der Waals surface area contributed by atoms with Crippen molar-refractivity contribution in [2.75, 3.05) is 13.2 Å². The Labute approximate surface area is 171 Å². The number of aliphatic hydroxyl groups excluding tert-OH is 1. The summed E-state index contributed by atoms with van der Waals surface area (Å²) in [5.41, 5.74) is 1.52. The Morgan fingerprint density at radius 3 is 2.15 bits per heavy atom. The zero-order valence-corrected chi connectivity index (χ0v) is 18.3. The molecule has 0 saturated carbocycles. The SMILES string of the molecule is CCc1ccc(OCC(O)CNC2CC(C)(C)NC(C)(C)C2)cc1.Cl.Cl. The molecule has 1 unspecified atom stereocenters. The molecule has 0 radical (unpaired) electrons. The Hall–Kier alpha value is -0.520. The Morgan fingerprint density at radius 1 is 1.12 bits per heavy atom. The lowest BCUT2D eigenvalue weighted by molar-refractivity contribution is 0.0901. The van der Waals surface area contributed by atoms with Crippen LogP contribution in [0.2, 0.25) is 0 Å². The van der Waals surface area contributed by atoms with Crippen molar-refractivity contribution in [3.05, 3.63) is 29.8 Å². The quantitative estimate of drug-likeness (QED) is 0.645. The Balaban J connectivity index is 0.00000312. The molecule has 0 spiro atoms. The molecule has 1 heterocycles. The van der Waals surface area contributed by atoms with Crippen LogP contribution < -0.4 is 15.4 Å². The molecule has 1 aliphatic heterocycles. The fourth-order valence-corrected chi connectivity index (χ4v) is 3.84. The predicted octanol–water partition coefficient (Wildman–Crippen LogP) is 3.73. The Kier molecular flexibility index (Phi) is 10.5. The summed E-state index contributed by atoms with van der Waals surface area (Å²) in [6, 6.07) is 8.49. The number of nitrogens with one attached hydrogen (secondary N) is 2. The minimum absolute atomic E-state index is 0. The molecule has 1 aliphatic rings. The van der Waals surface area contributed by atoms with E-state index in [-0.39, 0.29) is 35.9 Å². The maximum Gasteiger partial charge on any atom is 0.119 e. The van der Waals surface area contributed by atoms with E-state index in [1.54, 1.807) is 0 Å². The van der Waals surface area contributed by atoms with Crippen molar-refractivity contribution in [2.45, 2.75) is 77.1 Å². The molecular weight excluding hydrogens is 371 g/mol. The van der Waals surface area contributed by atoms with Crippen LogP contribution in [0.5, 0.6) is 5.75 Å². The second-order valence-corrected chi connectivity index (χ2v) is 8.37. The number of rotatable bonds is 7. The summed E-state index contributed by atoms with van der Waals surface area (Å²) in [7, 11) is 0. The summed E-state index contributed by atoms with van der Waals surface area (Å²) in [6.07, 6.45) is 2.64. The van der Waals surface area contributed by atoms with Gasteiger partial charge in [-0.3, -0.25) is 0 Å². The standard InChI is InChI=1S/C20H34N2O2.2ClH/c1-6-15-7-9-18(10-8-15)24-14-17(23)13-21-16-11-19(2,3)22-20(4,5)12-16;;/h7-10,16-17,21-23H,6,11-14H2,1-5H3;2*1H. The average molecular weight is 407 g/mol. The van der Waals surface area contributed by atoms with E-state index in [1.165, 1.54) is 5.56 Å². The van der Waals surface area contributed by atoms with Gasteiger partial charge in [0.05, 0.1) is 0 Å². The van der Waals surface area contributed by atoms with Crippen LogP contribution in [0.1, 0.15) is 53.0 Å². The van der Waals surface area contributed by atoms with Gasteiger partial charge in [0.1, 0.15) is 18.5 Å². The van der Waals surface area contributed by atoms with Gasteiger partial charge in [0.2, 0.25) is 0 Å². The lowest BCUT2D eigenvalue weighted by Crippen LogP contribution is -2.62. The maximum atomic E-state index is 10.2. The van der Waals surface area contributed by atoms with Crippen LogP contribution in [0.4, 0.5) is 0 Å². The highest BCUT2D eigenvalue weighted by molar-refractivity contribution is 5.85. The molecule has 2 rings (SSSR count). The van der Waals surface area contributed by atoms with Gasteiger partial charge >= 0.3 is 0 Å². The van der Waals surface area contributed by atoms with E-state index < -0.39 is 6.10 Å². The van der Waals surface area contributed by atoms with Crippen molar-refractivity contribution in [1.82, 2.24) is 10.6 Å². The van der Waals surface area contributed by atoms with Gasteiger partial charge in [-0.25, -0.2) is 0 Å². The third kappa shape index (κ3) is 8.45. The summed E-state index contributed by atoms with van der Waals surface area (Å²) >= 11 is 0. The molecule has 0 aromatic heterocycles. The van der Waals surface area contributed by atoms with Crippen LogP contribution in [0.3, 0.4) is 0 Å². The fourth-order valence-electron chi connectivity index (χ4n) is 3.84. The number of ether oxygens (including phenoxy) is 1. The van der Waals surface area contributed by atoms with E-state index in [4.69, 9.17) is 4.74 Å². The summed E-state index contributed by atoms with van der Waals surface area (Å²) in [4.78, 5) is 0. The normalized spacial score (nSPS) is 19.8. The van der Waals surface area contributed by atoms with Crippen molar-refractivity contribution in [3.63, 3.8) is 0 Å². The molecule has 1 fully saturated rings. The van der Waals surface area contributed by atoms with E-state index in [1.807, 2.05) is 12.1 Å². The fraction of sp³-hybridized carbons (Fsp3) is 0.700. The second-order valence-electron chi connectivity index (χ2n) is 8.37. The highest BCUT2D eigenvalue weighted by Gasteiger charge is 2.37. The van der Waals surface area contributed by atoms with E-state index in [9.17, 15) is 5.11 Å². The third-order valence-corrected chi connectivity index (χ3v) is 4.61. The second kappa shape index (κ2) is 10.7. The van der Waals surface area contributed by atoms with E-state index in [0.717, 1.165) is 25.0 Å². The minimum Gasteiger partial charge on any atom is -0.491 e. The monoisotopic (exact) mass is 406 g/mol. The molecular formula is C20H36Cl2N2O2. The lowest BCUT2D eigenvalue weighted by atomic mass is 9.79. The molecule has 152 valence electrons. The minimum atomic E-state index is -0.503. The van der Waals surface area contributed by atoms with E-state index in [2.05, 4.69) is 57.4 Å². The van der Waals surface area contributed by atoms with Gasteiger partial charge in [0.25, 0.3) is 0 Å². The number of piperidine rings is 1. The molecule has 0 bridgehead atoms. The van der Waals surface area contributed by atoms with Crippen LogP contribution in [-0.4, -0.2) is 41.5 Å². The predicted molar refractivity (Wildman–Crippen MR) is 114 cm³/mol. The molecule has 6 heteroatoms. The van der Waals surface area contributed by atoms with Gasteiger partial charge in [0.15, 0.2) is 0 Å². The zero-order chi connectivity index (χ0) is 17.8. The summed E-state index contributed by atoms with van der Waals surface area (Å²) < 4.78 is 5.69. The molecule has 4 nitrogen and oxygen atoms in total. The van der Waals surface area contributed by atoms with Gasteiger partial charge in [0, 0.05) is 23.7 Å². The molecule has 0 aliphatic carbocycles. The number of benzene rings is 1. The average Bonchev–Trinajstić information content (AvgIpc) is 2.48. The van der Waals surface area contributed by atoms with Crippen molar-refractivity contribution >= 4 is 24.8 Å². The number of aliphatic hydroxyl groups is 1. The first-order valence-electron chi connectivity index (χ1n) is 9.12. The molecule has 1 atom stereocenters. The third-order valence-electron chi connectivity index (χ3n) is 4.61. The van der Waals surface area contributed by atoms with Gasteiger partial charge in [-0.1, -0.05) is 19.1 Å². The number of hydrogen-bond acceptors (Lipinski definition) is 4. The maximum absolute atomic E-state index is 10.2.